The standard InChI is InChI=1S/C17H20N2O4.CHNO/c1-3-4-8-19-17(21)23-13-7-5-6-12(10-13)15-14(16(18)20)9-11(2)22-15;2-1-3/h5-7,9-10H,3-4,8H2,1-2H3,(H2,18,20)(H,19,21);2H. The molecule has 1 aromatic heterocycles. The van der Waals surface area contributed by atoms with Crippen molar-refractivity contribution in [1.29, 1.82) is 5.41 Å². The fourth-order valence-corrected chi connectivity index (χ4v) is 2.12. The first-order valence-electron chi connectivity index (χ1n) is 7.93. The van der Waals surface area contributed by atoms with Crippen LogP contribution in [0.25, 0.3) is 11.3 Å². The van der Waals surface area contributed by atoms with E-state index in [1.807, 2.05) is 6.92 Å². The third-order valence-electron chi connectivity index (χ3n) is 3.23. The average Bonchev–Trinajstić information content (AvgIpc) is 2.98. The highest BCUT2D eigenvalue weighted by Crippen LogP contribution is 2.29. The number of carbonyl (C=O) groups excluding carboxylic acids is 3. The van der Waals surface area contributed by atoms with Crippen LogP contribution in [0.5, 0.6) is 5.75 Å². The molecule has 2 aromatic rings. The second-order valence-electron chi connectivity index (χ2n) is 5.26. The number of carbonyl (C=O) groups is 2. The molecule has 0 saturated heterocycles. The molecule has 8 heteroatoms. The van der Waals surface area contributed by atoms with E-state index in [9.17, 15) is 9.59 Å². The number of primary amides is 1. The summed E-state index contributed by atoms with van der Waals surface area (Å²) in [5, 5.41) is 8.07. The number of amides is 2. The Morgan fingerprint density at radius 1 is 1.35 bits per heavy atom. The van der Waals surface area contributed by atoms with Gasteiger partial charge in [0.1, 0.15) is 17.3 Å². The smallest absolute Gasteiger partial charge is 0.412 e. The first kappa shape index (κ1) is 20.7. The minimum atomic E-state index is -0.569. The fraction of sp³-hybridized carbons (Fsp3) is 0.278. The van der Waals surface area contributed by atoms with Crippen LogP contribution in [0.3, 0.4) is 0 Å². The SMILES string of the molecule is CCCCNC(=O)Oc1cccc(-c2oc(C)cc2C(N)=O)c1.N=C=O. The van der Waals surface area contributed by atoms with Crippen LogP contribution in [-0.4, -0.2) is 24.6 Å². The van der Waals surface area contributed by atoms with E-state index in [1.165, 1.54) is 0 Å². The van der Waals surface area contributed by atoms with E-state index >= 15 is 0 Å². The number of benzene rings is 1. The molecule has 0 unspecified atom stereocenters. The summed E-state index contributed by atoms with van der Waals surface area (Å²) >= 11 is 0. The van der Waals surface area contributed by atoms with Crippen molar-refractivity contribution in [2.75, 3.05) is 6.54 Å². The Morgan fingerprint density at radius 3 is 2.65 bits per heavy atom. The maximum atomic E-state index is 11.7. The number of furan rings is 1. The Bertz CT molecular complexity index is 792. The summed E-state index contributed by atoms with van der Waals surface area (Å²) < 4.78 is 10.8. The third kappa shape index (κ3) is 6.26. The van der Waals surface area contributed by atoms with Crippen molar-refractivity contribution < 1.29 is 23.5 Å². The van der Waals surface area contributed by atoms with Crippen LogP contribution in [0.15, 0.2) is 34.7 Å². The number of isocyanates is 1. The summed E-state index contributed by atoms with van der Waals surface area (Å²) in [5.74, 6) is 0.741. The lowest BCUT2D eigenvalue weighted by molar-refractivity contribution is 0.100. The van der Waals surface area contributed by atoms with Gasteiger partial charge in [-0.1, -0.05) is 25.5 Å². The molecule has 0 aliphatic carbocycles. The van der Waals surface area contributed by atoms with Crippen molar-refractivity contribution in [3.8, 4) is 17.1 Å². The lowest BCUT2D eigenvalue weighted by Crippen LogP contribution is -2.27. The molecule has 0 aliphatic rings. The highest BCUT2D eigenvalue weighted by atomic mass is 16.6. The number of aryl methyl sites for hydroxylation is 1. The number of unbranched alkanes of at least 4 members (excludes halogenated alkanes) is 1. The van der Waals surface area contributed by atoms with E-state index < -0.39 is 12.0 Å². The van der Waals surface area contributed by atoms with Crippen LogP contribution < -0.4 is 15.8 Å². The van der Waals surface area contributed by atoms with Gasteiger partial charge < -0.3 is 20.2 Å². The van der Waals surface area contributed by atoms with Crippen LogP contribution >= 0.6 is 0 Å². The number of rotatable bonds is 6. The predicted molar refractivity (Wildman–Crippen MR) is 94.7 cm³/mol. The zero-order valence-electron chi connectivity index (χ0n) is 14.6. The van der Waals surface area contributed by atoms with Crippen molar-refractivity contribution in [3.63, 3.8) is 0 Å². The summed E-state index contributed by atoms with van der Waals surface area (Å²) in [6.45, 7) is 4.34. The van der Waals surface area contributed by atoms with Crippen molar-refractivity contribution in [2.45, 2.75) is 26.7 Å². The summed E-state index contributed by atoms with van der Waals surface area (Å²) in [7, 11) is 0. The topological polar surface area (TPSA) is 135 Å². The van der Waals surface area contributed by atoms with E-state index in [1.54, 1.807) is 37.3 Å². The second kappa shape index (κ2) is 10.5. The van der Waals surface area contributed by atoms with Crippen LogP contribution in [0.1, 0.15) is 35.9 Å². The molecule has 1 aromatic carbocycles. The van der Waals surface area contributed by atoms with Gasteiger partial charge in [0, 0.05) is 12.1 Å². The van der Waals surface area contributed by atoms with Gasteiger partial charge in [0.2, 0.25) is 6.08 Å². The molecule has 0 atom stereocenters. The zero-order chi connectivity index (χ0) is 19.5. The number of ether oxygens (including phenoxy) is 1. The molecule has 0 saturated carbocycles. The minimum absolute atomic E-state index is 0.298. The molecule has 4 N–H and O–H groups in total. The van der Waals surface area contributed by atoms with Gasteiger partial charge in [-0.15, -0.1) is 0 Å². The molecule has 8 nitrogen and oxygen atoms in total. The minimum Gasteiger partial charge on any atom is -0.461 e. The lowest BCUT2D eigenvalue weighted by atomic mass is 10.1. The van der Waals surface area contributed by atoms with Crippen LogP contribution in [0.2, 0.25) is 0 Å². The van der Waals surface area contributed by atoms with Crippen LogP contribution in [0.4, 0.5) is 4.79 Å². The van der Waals surface area contributed by atoms with Crippen molar-refractivity contribution in [2.24, 2.45) is 5.73 Å². The maximum Gasteiger partial charge on any atom is 0.412 e. The lowest BCUT2D eigenvalue weighted by Gasteiger charge is -2.07. The normalized spacial score (nSPS) is 9.46. The molecule has 2 amide bonds. The molecule has 138 valence electrons. The van der Waals surface area contributed by atoms with E-state index in [2.05, 4.69) is 5.32 Å². The van der Waals surface area contributed by atoms with Crippen LogP contribution in [0, 0.1) is 12.3 Å². The Kier molecular flexibility index (Phi) is 8.33. The average molecular weight is 359 g/mol. The molecule has 0 bridgehead atoms. The van der Waals surface area contributed by atoms with Crippen molar-refractivity contribution in [1.82, 2.24) is 5.32 Å². The highest BCUT2D eigenvalue weighted by Gasteiger charge is 2.16. The van der Waals surface area contributed by atoms with E-state index in [0.29, 0.717) is 34.9 Å². The molecule has 0 fully saturated rings. The molecule has 1 heterocycles. The van der Waals surface area contributed by atoms with Gasteiger partial charge in [-0.3, -0.25) is 4.79 Å². The van der Waals surface area contributed by atoms with E-state index in [-0.39, 0.29) is 0 Å². The highest BCUT2D eigenvalue weighted by molar-refractivity contribution is 5.98. The van der Waals surface area contributed by atoms with Gasteiger partial charge in [-0.25, -0.2) is 15.0 Å². The summed E-state index contributed by atoms with van der Waals surface area (Å²) in [5.41, 5.74) is 6.27. The molecule has 0 spiro atoms. The van der Waals surface area contributed by atoms with Crippen molar-refractivity contribution >= 4 is 18.1 Å². The van der Waals surface area contributed by atoms with Crippen LogP contribution in [-0.2, 0) is 4.79 Å². The third-order valence-corrected chi connectivity index (χ3v) is 3.23. The number of hydrogen-bond donors (Lipinski definition) is 3. The summed E-state index contributed by atoms with van der Waals surface area (Å²) in [6, 6.07) is 8.34. The maximum absolute atomic E-state index is 11.7. The Morgan fingerprint density at radius 2 is 2.04 bits per heavy atom. The van der Waals surface area contributed by atoms with E-state index in [4.69, 9.17) is 25.1 Å². The Labute approximate surface area is 150 Å². The molecule has 0 radical (unpaired) electrons. The molecule has 2 rings (SSSR count). The predicted octanol–water partition coefficient (Wildman–Crippen LogP) is 3.14. The molecular formula is C18H21N3O5. The first-order chi connectivity index (χ1) is 12.4. The Hall–Kier alpha value is -3.38. The second-order valence-corrected chi connectivity index (χ2v) is 5.26. The van der Waals surface area contributed by atoms with Gasteiger partial charge in [0.25, 0.3) is 5.91 Å². The molecule has 26 heavy (non-hydrogen) atoms. The van der Waals surface area contributed by atoms with Gasteiger partial charge in [0.15, 0.2) is 0 Å². The zero-order valence-corrected chi connectivity index (χ0v) is 14.6. The number of hydrogen-bond acceptors (Lipinski definition) is 6. The molecular weight excluding hydrogens is 338 g/mol. The quantitative estimate of drug-likeness (QED) is 0.413. The monoisotopic (exact) mass is 359 g/mol. The summed E-state index contributed by atoms with van der Waals surface area (Å²) in [4.78, 5) is 31.5. The molecule has 0 aliphatic heterocycles. The van der Waals surface area contributed by atoms with Crippen molar-refractivity contribution in [3.05, 3.63) is 41.7 Å². The number of nitrogens with one attached hydrogen (secondary N) is 2. The Balaban J connectivity index is 0.00000105. The van der Waals surface area contributed by atoms with Gasteiger partial charge in [-0.2, -0.15) is 0 Å². The summed E-state index contributed by atoms with van der Waals surface area (Å²) in [6.07, 6.45) is 2.12. The first-order valence-corrected chi connectivity index (χ1v) is 7.93. The van der Waals surface area contributed by atoms with E-state index in [0.717, 1.165) is 18.9 Å². The number of nitrogens with two attached hydrogens (primary N) is 1. The van der Waals surface area contributed by atoms with Gasteiger partial charge in [0.05, 0.1) is 5.56 Å². The van der Waals surface area contributed by atoms with Gasteiger partial charge >= 0.3 is 6.09 Å². The largest absolute Gasteiger partial charge is 0.461 e. The fourth-order valence-electron chi connectivity index (χ4n) is 2.12. The van der Waals surface area contributed by atoms with Gasteiger partial charge in [-0.05, 0) is 31.5 Å².